The molecule has 0 radical (unpaired) electrons. The molecule has 1 heterocycles. The highest BCUT2D eigenvalue weighted by Crippen LogP contribution is 2.17. The fourth-order valence-electron chi connectivity index (χ4n) is 2.69. The Morgan fingerprint density at radius 1 is 1.03 bits per heavy atom. The number of amides is 1. The number of allylic oxidation sites excluding steroid dienone is 3. The fraction of sp³-hybridized carbons (Fsp3) is 0.280. The third-order valence-corrected chi connectivity index (χ3v) is 4.29. The van der Waals surface area contributed by atoms with Gasteiger partial charge in [0, 0.05) is 12.3 Å². The van der Waals surface area contributed by atoms with Gasteiger partial charge in [-0.25, -0.2) is 14.6 Å². The van der Waals surface area contributed by atoms with Gasteiger partial charge in [-0.2, -0.15) is 0 Å². The van der Waals surface area contributed by atoms with E-state index in [-0.39, 0.29) is 18.1 Å². The number of carbonyl (C=O) groups is 3. The van der Waals surface area contributed by atoms with Crippen molar-refractivity contribution in [3.05, 3.63) is 83.2 Å². The number of carbonyl (C=O) groups excluding carboxylic acids is 3. The van der Waals surface area contributed by atoms with E-state index < -0.39 is 24.4 Å². The average molecular weight is 437 g/mol. The van der Waals surface area contributed by atoms with Crippen LogP contribution in [0.3, 0.4) is 0 Å². The molecule has 1 aromatic heterocycles. The predicted molar refractivity (Wildman–Crippen MR) is 121 cm³/mol. The minimum Gasteiger partial charge on any atom is -0.486 e. The van der Waals surface area contributed by atoms with Crippen molar-refractivity contribution in [2.24, 2.45) is 0 Å². The first-order chi connectivity index (χ1) is 15.3. The fourth-order valence-corrected chi connectivity index (χ4v) is 2.69. The lowest BCUT2D eigenvalue weighted by Gasteiger charge is -2.10. The van der Waals surface area contributed by atoms with Crippen molar-refractivity contribution in [2.75, 3.05) is 6.54 Å². The van der Waals surface area contributed by atoms with Gasteiger partial charge >= 0.3 is 11.9 Å². The summed E-state index contributed by atoms with van der Waals surface area (Å²) in [5.74, 6) is -1.94. The van der Waals surface area contributed by atoms with E-state index in [0.717, 1.165) is 17.6 Å². The van der Waals surface area contributed by atoms with Crippen LogP contribution < -0.4 is 10.1 Å². The number of pyridine rings is 1. The molecule has 0 aliphatic heterocycles. The van der Waals surface area contributed by atoms with Gasteiger partial charge in [0.2, 0.25) is 0 Å². The zero-order valence-electron chi connectivity index (χ0n) is 18.6. The highest BCUT2D eigenvalue weighted by Gasteiger charge is 2.16. The van der Waals surface area contributed by atoms with Crippen LogP contribution >= 0.6 is 0 Å². The molecule has 2 aromatic rings. The molecular weight excluding hydrogens is 408 g/mol. The molecule has 0 fully saturated rings. The number of rotatable bonds is 10. The van der Waals surface area contributed by atoms with Crippen LogP contribution in [0, 0.1) is 0 Å². The molecule has 2 rings (SSSR count). The third-order valence-electron chi connectivity index (χ3n) is 4.29. The SMILES string of the molecule is CC(C)=CCC/C(C)=C/C(=O)OC(=O)CNC(=O)c1ncccc1OCc1ccccc1. The number of esters is 2. The smallest absolute Gasteiger partial charge is 0.338 e. The van der Waals surface area contributed by atoms with Crippen LogP contribution in [0.1, 0.15) is 49.7 Å². The first kappa shape index (κ1) is 24.5. The summed E-state index contributed by atoms with van der Waals surface area (Å²) < 4.78 is 10.4. The molecule has 0 aliphatic carbocycles. The Morgan fingerprint density at radius 3 is 2.50 bits per heavy atom. The quantitative estimate of drug-likeness (QED) is 0.260. The summed E-state index contributed by atoms with van der Waals surface area (Å²) in [7, 11) is 0. The molecule has 0 spiro atoms. The van der Waals surface area contributed by atoms with E-state index in [0.29, 0.717) is 6.42 Å². The van der Waals surface area contributed by atoms with Crippen molar-refractivity contribution in [3.8, 4) is 5.75 Å². The highest BCUT2D eigenvalue weighted by atomic mass is 16.6. The topological polar surface area (TPSA) is 94.6 Å². The Morgan fingerprint density at radius 2 is 1.78 bits per heavy atom. The van der Waals surface area contributed by atoms with Gasteiger partial charge in [0.1, 0.15) is 13.2 Å². The molecule has 0 atom stereocenters. The summed E-state index contributed by atoms with van der Waals surface area (Å²) in [6, 6.07) is 12.8. The van der Waals surface area contributed by atoms with Crippen molar-refractivity contribution in [1.29, 1.82) is 0 Å². The minimum absolute atomic E-state index is 0.0394. The van der Waals surface area contributed by atoms with Crippen molar-refractivity contribution in [3.63, 3.8) is 0 Å². The standard InChI is InChI=1S/C25H28N2O5/c1-18(2)9-7-10-19(3)15-22(28)32-23(29)16-27-25(30)24-21(13-8-14-26-24)31-17-20-11-5-4-6-12-20/h4-6,8-9,11-15H,7,10,16-17H2,1-3H3,(H,27,30)/b19-15+. The zero-order chi connectivity index (χ0) is 23.3. The summed E-state index contributed by atoms with van der Waals surface area (Å²) in [4.78, 5) is 40.3. The van der Waals surface area contributed by atoms with Gasteiger partial charge in [-0.15, -0.1) is 0 Å². The molecule has 0 saturated carbocycles. The second-order valence-corrected chi connectivity index (χ2v) is 7.41. The van der Waals surface area contributed by atoms with E-state index >= 15 is 0 Å². The van der Waals surface area contributed by atoms with Crippen LogP contribution in [0.2, 0.25) is 0 Å². The van der Waals surface area contributed by atoms with Crippen molar-refractivity contribution in [1.82, 2.24) is 10.3 Å². The second kappa shape index (κ2) is 12.8. The first-order valence-electron chi connectivity index (χ1n) is 10.3. The van der Waals surface area contributed by atoms with Gasteiger partial charge in [-0.3, -0.25) is 4.79 Å². The molecule has 32 heavy (non-hydrogen) atoms. The van der Waals surface area contributed by atoms with E-state index in [4.69, 9.17) is 9.47 Å². The van der Waals surface area contributed by atoms with E-state index in [1.807, 2.05) is 44.2 Å². The molecule has 7 heteroatoms. The maximum atomic E-state index is 12.5. The Kier molecular flexibility index (Phi) is 9.84. The molecule has 1 N–H and O–H groups in total. The van der Waals surface area contributed by atoms with Crippen LogP contribution in [0.25, 0.3) is 0 Å². The van der Waals surface area contributed by atoms with E-state index in [2.05, 4.69) is 16.4 Å². The van der Waals surface area contributed by atoms with Gasteiger partial charge < -0.3 is 14.8 Å². The van der Waals surface area contributed by atoms with Gasteiger partial charge in [0.25, 0.3) is 5.91 Å². The molecule has 1 amide bonds. The molecule has 168 valence electrons. The zero-order valence-corrected chi connectivity index (χ0v) is 18.6. The lowest BCUT2D eigenvalue weighted by molar-refractivity contribution is -0.155. The molecule has 0 bridgehead atoms. The predicted octanol–water partition coefficient (Wildman–Crippen LogP) is 4.15. The molecule has 1 aromatic carbocycles. The molecule has 0 saturated heterocycles. The largest absolute Gasteiger partial charge is 0.486 e. The van der Waals surface area contributed by atoms with Crippen LogP contribution in [0.5, 0.6) is 5.75 Å². The third kappa shape index (κ3) is 8.95. The number of ether oxygens (including phenoxy) is 2. The average Bonchev–Trinajstić information content (AvgIpc) is 2.76. The highest BCUT2D eigenvalue weighted by molar-refractivity contribution is 5.98. The van der Waals surface area contributed by atoms with Crippen molar-refractivity contribution in [2.45, 2.75) is 40.2 Å². The summed E-state index contributed by atoms with van der Waals surface area (Å²) in [5.41, 5.74) is 2.98. The van der Waals surface area contributed by atoms with Crippen LogP contribution in [-0.2, 0) is 20.9 Å². The summed E-state index contributed by atoms with van der Waals surface area (Å²) in [6.45, 7) is 5.60. The Labute approximate surface area is 188 Å². The summed E-state index contributed by atoms with van der Waals surface area (Å²) >= 11 is 0. The Balaban J connectivity index is 1.85. The summed E-state index contributed by atoms with van der Waals surface area (Å²) in [5, 5.41) is 2.41. The first-order valence-corrected chi connectivity index (χ1v) is 10.3. The van der Waals surface area contributed by atoms with Crippen LogP contribution in [0.15, 0.2) is 72.0 Å². The normalized spacial score (nSPS) is 10.8. The summed E-state index contributed by atoms with van der Waals surface area (Å²) in [6.07, 6.45) is 6.30. The van der Waals surface area contributed by atoms with Crippen LogP contribution in [-0.4, -0.2) is 29.4 Å². The second-order valence-electron chi connectivity index (χ2n) is 7.41. The van der Waals surface area contributed by atoms with Crippen LogP contribution in [0.4, 0.5) is 0 Å². The van der Waals surface area contributed by atoms with Crippen molar-refractivity contribution >= 4 is 17.8 Å². The number of benzene rings is 1. The number of hydrogen-bond acceptors (Lipinski definition) is 6. The maximum Gasteiger partial charge on any atom is 0.338 e. The van der Waals surface area contributed by atoms with Gasteiger partial charge in [-0.05, 0) is 51.3 Å². The van der Waals surface area contributed by atoms with Gasteiger partial charge in [-0.1, -0.05) is 47.6 Å². The van der Waals surface area contributed by atoms with Gasteiger partial charge in [0.05, 0.1) is 0 Å². The lowest BCUT2D eigenvalue weighted by atomic mass is 10.1. The van der Waals surface area contributed by atoms with E-state index in [1.165, 1.54) is 17.8 Å². The monoisotopic (exact) mass is 436 g/mol. The molecular formula is C25H28N2O5. The van der Waals surface area contributed by atoms with E-state index in [9.17, 15) is 14.4 Å². The minimum atomic E-state index is -0.862. The number of nitrogens with one attached hydrogen (secondary N) is 1. The Hall–Kier alpha value is -3.74. The molecule has 0 unspecified atom stereocenters. The maximum absolute atomic E-state index is 12.5. The number of hydrogen-bond donors (Lipinski definition) is 1. The van der Waals surface area contributed by atoms with Crippen molar-refractivity contribution < 1.29 is 23.9 Å². The molecule has 7 nitrogen and oxygen atoms in total. The number of nitrogens with zero attached hydrogens (tertiary/aromatic N) is 1. The lowest BCUT2D eigenvalue weighted by Crippen LogP contribution is -2.32. The number of aromatic nitrogens is 1. The van der Waals surface area contributed by atoms with E-state index in [1.54, 1.807) is 19.1 Å². The molecule has 0 aliphatic rings. The van der Waals surface area contributed by atoms with Gasteiger partial charge in [0.15, 0.2) is 11.4 Å². The Bertz CT molecular complexity index is 992.